The van der Waals surface area contributed by atoms with Crippen molar-refractivity contribution in [3.63, 3.8) is 0 Å². The molecule has 0 amide bonds. The molecule has 0 fully saturated rings. The zero-order valence-electron chi connectivity index (χ0n) is 10.3. The molecule has 0 aliphatic carbocycles. The van der Waals surface area contributed by atoms with Gasteiger partial charge < -0.3 is 5.01 Å². The molecule has 0 saturated carbocycles. The van der Waals surface area contributed by atoms with Crippen LogP contribution in [0.1, 0.15) is 58.8 Å². The SMILES string of the molecule is CCCCCC1C=CN(CCCCC)N1. The van der Waals surface area contributed by atoms with Gasteiger partial charge in [-0.05, 0) is 18.9 Å². The van der Waals surface area contributed by atoms with Crippen LogP contribution in [0.4, 0.5) is 0 Å². The number of nitrogens with zero attached hydrogens (tertiary/aromatic N) is 1. The molecule has 15 heavy (non-hydrogen) atoms. The van der Waals surface area contributed by atoms with Crippen LogP contribution in [0.15, 0.2) is 12.3 Å². The van der Waals surface area contributed by atoms with Gasteiger partial charge in [0.15, 0.2) is 0 Å². The van der Waals surface area contributed by atoms with Crippen molar-refractivity contribution in [3.05, 3.63) is 12.3 Å². The van der Waals surface area contributed by atoms with E-state index in [-0.39, 0.29) is 0 Å². The van der Waals surface area contributed by atoms with Crippen LogP contribution in [0.5, 0.6) is 0 Å². The molecule has 2 heteroatoms. The topological polar surface area (TPSA) is 15.3 Å². The highest BCUT2D eigenvalue weighted by Crippen LogP contribution is 2.10. The Hall–Kier alpha value is -0.500. The number of rotatable bonds is 8. The monoisotopic (exact) mass is 210 g/mol. The maximum Gasteiger partial charge on any atom is 0.0459 e. The predicted molar refractivity (Wildman–Crippen MR) is 66.4 cm³/mol. The minimum atomic E-state index is 0.596. The van der Waals surface area contributed by atoms with E-state index in [0.717, 1.165) is 6.54 Å². The van der Waals surface area contributed by atoms with Crippen LogP contribution >= 0.6 is 0 Å². The smallest absolute Gasteiger partial charge is 0.0459 e. The van der Waals surface area contributed by atoms with Crippen LogP contribution in [0.3, 0.4) is 0 Å². The van der Waals surface area contributed by atoms with Gasteiger partial charge in [-0.2, -0.15) is 0 Å². The molecular formula is C13H26N2. The maximum atomic E-state index is 3.53. The van der Waals surface area contributed by atoms with E-state index in [0.29, 0.717) is 6.04 Å². The molecule has 1 aliphatic heterocycles. The van der Waals surface area contributed by atoms with Gasteiger partial charge in [0.1, 0.15) is 0 Å². The third-order valence-corrected chi connectivity index (χ3v) is 2.95. The summed E-state index contributed by atoms with van der Waals surface area (Å²) in [7, 11) is 0. The lowest BCUT2D eigenvalue weighted by Crippen LogP contribution is -2.35. The maximum absolute atomic E-state index is 3.53. The van der Waals surface area contributed by atoms with Crippen molar-refractivity contribution in [3.8, 4) is 0 Å². The average Bonchev–Trinajstić information content (AvgIpc) is 2.67. The lowest BCUT2D eigenvalue weighted by atomic mass is 10.1. The van der Waals surface area contributed by atoms with Crippen molar-refractivity contribution < 1.29 is 0 Å². The Bertz CT molecular complexity index is 159. The fourth-order valence-corrected chi connectivity index (χ4v) is 1.95. The first-order chi connectivity index (χ1) is 7.36. The second-order valence-corrected chi connectivity index (χ2v) is 4.47. The number of unbranched alkanes of at least 4 members (excludes halogenated alkanes) is 4. The Labute approximate surface area is 94.7 Å². The largest absolute Gasteiger partial charge is 0.315 e. The van der Waals surface area contributed by atoms with E-state index in [1.54, 1.807) is 0 Å². The third kappa shape index (κ3) is 5.22. The standard InChI is InChI=1S/C13H26N2/c1-3-5-7-9-13-10-12-15(14-13)11-8-6-4-2/h10,12-14H,3-9,11H2,1-2H3. The molecule has 2 nitrogen and oxygen atoms in total. The van der Waals surface area contributed by atoms with E-state index >= 15 is 0 Å². The van der Waals surface area contributed by atoms with Crippen molar-refractivity contribution in [1.82, 2.24) is 10.4 Å². The van der Waals surface area contributed by atoms with E-state index in [2.05, 4.69) is 36.6 Å². The van der Waals surface area contributed by atoms with Gasteiger partial charge in [-0.1, -0.05) is 46.0 Å². The summed E-state index contributed by atoms with van der Waals surface area (Å²) in [5.74, 6) is 0. The Kier molecular flexibility index (Phi) is 6.49. The Morgan fingerprint density at radius 2 is 1.80 bits per heavy atom. The van der Waals surface area contributed by atoms with Gasteiger partial charge in [0.2, 0.25) is 0 Å². The summed E-state index contributed by atoms with van der Waals surface area (Å²) in [5, 5.41) is 2.26. The van der Waals surface area contributed by atoms with E-state index in [1.807, 2.05) is 0 Å². The molecule has 0 aromatic carbocycles. The first kappa shape index (κ1) is 12.6. The fraction of sp³-hybridized carbons (Fsp3) is 0.846. The molecule has 1 heterocycles. The second kappa shape index (κ2) is 7.75. The second-order valence-electron chi connectivity index (χ2n) is 4.47. The molecule has 0 aromatic heterocycles. The van der Waals surface area contributed by atoms with Crippen molar-refractivity contribution in [2.45, 2.75) is 64.8 Å². The number of nitrogens with one attached hydrogen (secondary N) is 1. The molecule has 0 saturated heterocycles. The molecular weight excluding hydrogens is 184 g/mol. The van der Waals surface area contributed by atoms with E-state index in [1.165, 1.54) is 44.9 Å². The van der Waals surface area contributed by atoms with E-state index in [4.69, 9.17) is 0 Å². The summed E-state index contributed by atoms with van der Waals surface area (Å²) >= 11 is 0. The van der Waals surface area contributed by atoms with Crippen LogP contribution in [-0.2, 0) is 0 Å². The minimum Gasteiger partial charge on any atom is -0.315 e. The molecule has 0 bridgehead atoms. The quantitative estimate of drug-likeness (QED) is 0.617. The van der Waals surface area contributed by atoms with Crippen LogP contribution in [0.2, 0.25) is 0 Å². The number of hydrazine groups is 1. The highest BCUT2D eigenvalue weighted by molar-refractivity contribution is 4.98. The van der Waals surface area contributed by atoms with Gasteiger partial charge in [-0.3, -0.25) is 0 Å². The highest BCUT2D eigenvalue weighted by Gasteiger charge is 2.13. The van der Waals surface area contributed by atoms with Gasteiger partial charge in [0.25, 0.3) is 0 Å². The first-order valence-electron chi connectivity index (χ1n) is 6.58. The van der Waals surface area contributed by atoms with Gasteiger partial charge in [0.05, 0.1) is 0 Å². The zero-order chi connectivity index (χ0) is 10.9. The van der Waals surface area contributed by atoms with Gasteiger partial charge in [-0.15, -0.1) is 0 Å². The van der Waals surface area contributed by atoms with Crippen LogP contribution in [0, 0.1) is 0 Å². The number of hydrogen-bond donors (Lipinski definition) is 1. The molecule has 88 valence electrons. The summed E-state index contributed by atoms with van der Waals surface area (Å²) in [6, 6.07) is 0.596. The van der Waals surface area contributed by atoms with E-state index < -0.39 is 0 Å². The summed E-state index contributed by atoms with van der Waals surface area (Å²) in [5.41, 5.74) is 3.53. The van der Waals surface area contributed by atoms with Crippen molar-refractivity contribution >= 4 is 0 Å². The Morgan fingerprint density at radius 1 is 1.07 bits per heavy atom. The number of hydrogen-bond acceptors (Lipinski definition) is 2. The lowest BCUT2D eigenvalue weighted by molar-refractivity contribution is 0.262. The Morgan fingerprint density at radius 3 is 2.53 bits per heavy atom. The summed E-state index contributed by atoms with van der Waals surface area (Å²) < 4.78 is 0. The summed E-state index contributed by atoms with van der Waals surface area (Å²) in [4.78, 5) is 0. The van der Waals surface area contributed by atoms with Crippen LogP contribution in [0.25, 0.3) is 0 Å². The molecule has 1 aliphatic rings. The average molecular weight is 210 g/mol. The molecule has 1 unspecified atom stereocenters. The molecule has 0 radical (unpaired) electrons. The third-order valence-electron chi connectivity index (χ3n) is 2.95. The predicted octanol–water partition coefficient (Wildman–Crippen LogP) is 3.46. The molecule has 1 atom stereocenters. The molecule has 0 aromatic rings. The first-order valence-corrected chi connectivity index (χ1v) is 6.58. The molecule has 1 rings (SSSR count). The van der Waals surface area contributed by atoms with Crippen LogP contribution < -0.4 is 5.43 Å². The lowest BCUT2D eigenvalue weighted by Gasteiger charge is -2.19. The summed E-state index contributed by atoms with van der Waals surface area (Å²) in [6.07, 6.45) is 13.8. The van der Waals surface area contributed by atoms with Gasteiger partial charge in [-0.25, -0.2) is 5.43 Å². The zero-order valence-corrected chi connectivity index (χ0v) is 10.3. The highest BCUT2D eigenvalue weighted by atomic mass is 15.5. The van der Waals surface area contributed by atoms with E-state index in [9.17, 15) is 0 Å². The fourth-order valence-electron chi connectivity index (χ4n) is 1.95. The van der Waals surface area contributed by atoms with Gasteiger partial charge >= 0.3 is 0 Å². The molecule has 1 N–H and O–H groups in total. The van der Waals surface area contributed by atoms with Crippen molar-refractivity contribution in [2.24, 2.45) is 0 Å². The van der Waals surface area contributed by atoms with Crippen molar-refractivity contribution in [2.75, 3.05) is 6.54 Å². The Balaban J connectivity index is 2.03. The van der Waals surface area contributed by atoms with Crippen LogP contribution in [-0.4, -0.2) is 17.6 Å². The summed E-state index contributed by atoms with van der Waals surface area (Å²) in [6.45, 7) is 5.67. The normalized spacial score (nSPS) is 20.1. The van der Waals surface area contributed by atoms with Crippen molar-refractivity contribution in [1.29, 1.82) is 0 Å². The minimum absolute atomic E-state index is 0.596. The van der Waals surface area contributed by atoms with Gasteiger partial charge in [0, 0.05) is 18.8 Å². The molecule has 0 spiro atoms.